The fraction of sp³-hybridized carbons (Fsp3) is 0.0476. The van der Waals surface area contributed by atoms with Gasteiger partial charge in [0.1, 0.15) is 17.5 Å². The Kier molecular flexibility index (Phi) is 5.19. The zero-order valence-corrected chi connectivity index (χ0v) is 16.4. The van der Waals surface area contributed by atoms with Crippen LogP contribution in [0.1, 0.15) is 16.3 Å². The summed E-state index contributed by atoms with van der Waals surface area (Å²) in [5.74, 6) is -0.289. The Labute approximate surface area is 176 Å². The van der Waals surface area contributed by atoms with E-state index in [4.69, 9.17) is 11.5 Å². The number of nitrogen functional groups attached to an aromatic ring is 2. The van der Waals surface area contributed by atoms with Crippen LogP contribution in [0.4, 0.5) is 21.6 Å². The summed E-state index contributed by atoms with van der Waals surface area (Å²) in [5, 5.41) is 2.73. The molecular formula is C21H17FN8O. The third kappa shape index (κ3) is 4.13. The summed E-state index contributed by atoms with van der Waals surface area (Å²) in [6.07, 6.45) is 4.30. The number of nitrogens with two attached hydrogens (primary N) is 2. The first kappa shape index (κ1) is 19.8. The normalized spacial score (nSPS) is 10.6. The largest absolute Gasteiger partial charge is 0.396 e. The van der Waals surface area contributed by atoms with Crippen molar-refractivity contribution in [2.45, 2.75) is 6.92 Å². The lowest BCUT2D eigenvalue weighted by Crippen LogP contribution is -2.17. The van der Waals surface area contributed by atoms with E-state index in [1.807, 2.05) is 0 Å². The van der Waals surface area contributed by atoms with Gasteiger partial charge in [-0.3, -0.25) is 9.78 Å². The van der Waals surface area contributed by atoms with Gasteiger partial charge in [0.15, 0.2) is 11.5 Å². The molecule has 0 aliphatic rings. The molecule has 10 heteroatoms. The first-order chi connectivity index (χ1) is 14.9. The number of carbonyl (C=O) groups is 1. The van der Waals surface area contributed by atoms with E-state index in [9.17, 15) is 9.18 Å². The van der Waals surface area contributed by atoms with Crippen LogP contribution in [0.3, 0.4) is 0 Å². The molecule has 5 N–H and O–H groups in total. The van der Waals surface area contributed by atoms with Crippen molar-refractivity contribution < 1.29 is 9.18 Å². The van der Waals surface area contributed by atoms with Crippen molar-refractivity contribution in [2.24, 2.45) is 0 Å². The molecule has 0 unspecified atom stereocenters. The van der Waals surface area contributed by atoms with E-state index < -0.39 is 11.7 Å². The van der Waals surface area contributed by atoms with E-state index in [1.165, 1.54) is 24.5 Å². The number of aryl methyl sites for hydroxylation is 1. The number of carbonyl (C=O) groups excluding carboxylic acids is 1. The van der Waals surface area contributed by atoms with Crippen LogP contribution in [0, 0.1) is 12.7 Å². The predicted molar refractivity (Wildman–Crippen MR) is 114 cm³/mol. The van der Waals surface area contributed by atoms with Crippen LogP contribution >= 0.6 is 0 Å². The molecule has 1 aromatic carbocycles. The van der Waals surface area contributed by atoms with E-state index in [1.54, 1.807) is 37.4 Å². The second-order valence-electron chi connectivity index (χ2n) is 6.58. The summed E-state index contributed by atoms with van der Waals surface area (Å²) in [7, 11) is 0. The fourth-order valence-electron chi connectivity index (χ4n) is 2.97. The molecule has 0 radical (unpaired) electrons. The summed E-state index contributed by atoms with van der Waals surface area (Å²) in [5.41, 5.74) is 13.3. The van der Waals surface area contributed by atoms with Gasteiger partial charge in [0.05, 0.1) is 35.0 Å². The highest BCUT2D eigenvalue weighted by Gasteiger charge is 2.18. The first-order valence-electron chi connectivity index (χ1n) is 9.16. The number of pyridine rings is 1. The number of hydrogen-bond acceptors (Lipinski definition) is 8. The Balaban J connectivity index is 1.70. The Morgan fingerprint density at radius 3 is 2.61 bits per heavy atom. The number of anilines is 3. The van der Waals surface area contributed by atoms with Crippen molar-refractivity contribution in [3.05, 3.63) is 72.3 Å². The molecule has 0 saturated heterocycles. The zero-order chi connectivity index (χ0) is 22.0. The third-order valence-electron chi connectivity index (χ3n) is 4.35. The molecule has 0 fully saturated rings. The van der Waals surface area contributed by atoms with Gasteiger partial charge in [0.2, 0.25) is 0 Å². The van der Waals surface area contributed by atoms with Crippen molar-refractivity contribution in [1.29, 1.82) is 0 Å². The second kappa shape index (κ2) is 8.11. The molecule has 0 aliphatic heterocycles. The fourth-order valence-corrected chi connectivity index (χ4v) is 2.97. The third-order valence-corrected chi connectivity index (χ3v) is 4.35. The highest BCUT2D eigenvalue weighted by molar-refractivity contribution is 6.07. The molecule has 1 amide bonds. The van der Waals surface area contributed by atoms with Crippen LogP contribution in [0.15, 0.2) is 55.0 Å². The number of aromatic nitrogens is 5. The van der Waals surface area contributed by atoms with Gasteiger partial charge in [-0.2, -0.15) is 0 Å². The van der Waals surface area contributed by atoms with Gasteiger partial charge in [-0.15, -0.1) is 0 Å². The minimum Gasteiger partial charge on any atom is -0.396 e. The lowest BCUT2D eigenvalue weighted by Gasteiger charge is -2.12. The van der Waals surface area contributed by atoms with Gasteiger partial charge >= 0.3 is 0 Å². The van der Waals surface area contributed by atoms with Gasteiger partial charge in [-0.25, -0.2) is 24.3 Å². The number of amides is 1. The Morgan fingerprint density at radius 2 is 1.84 bits per heavy atom. The van der Waals surface area contributed by atoms with Crippen LogP contribution in [0.5, 0.6) is 0 Å². The number of hydrogen-bond donors (Lipinski definition) is 3. The molecule has 0 saturated carbocycles. The summed E-state index contributed by atoms with van der Waals surface area (Å²) in [4.78, 5) is 33.7. The number of halogens is 1. The molecule has 0 aliphatic carbocycles. The number of nitrogens with one attached hydrogen (secondary N) is 1. The molecule has 3 heterocycles. The van der Waals surface area contributed by atoms with E-state index >= 15 is 0 Å². The summed E-state index contributed by atoms with van der Waals surface area (Å²) in [6, 6.07) is 9.28. The Hall–Kier alpha value is -4.47. The highest BCUT2D eigenvalue weighted by atomic mass is 19.1. The molecule has 0 bridgehead atoms. The topological polar surface area (TPSA) is 146 Å². The number of benzene rings is 1. The minimum absolute atomic E-state index is 0.0445. The van der Waals surface area contributed by atoms with Crippen LogP contribution < -0.4 is 16.8 Å². The van der Waals surface area contributed by atoms with Gasteiger partial charge in [0.25, 0.3) is 5.91 Å². The molecule has 4 aromatic rings. The average Bonchev–Trinajstić information content (AvgIpc) is 2.74. The molecule has 3 aromatic heterocycles. The van der Waals surface area contributed by atoms with E-state index in [0.29, 0.717) is 28.6 Å². The van der Waals surface area contributed by atoms with Crippen LogP contribution in [-0.2, 0) is 0 Å². The Morgan fingerprint density at radius 1 is 1.03 bits per heavy atom. The summed E-state index contributed by atoms with van der Waals surface area (Å²) in [6.45, 7) is 1.71. The molecule has 4 rings (SSSR count). The van der Waals surface area contributed by atoms with Crippen molar-refractivity contribution in [3.63, 3.8) is 0 Å². The van der Waals surface area contributed by atoms with Crippen LogP contribution in [0.2, 0.25) is 0 Å². The van der Waals surface area contributed by atoms with E-state index in [2.05, 4.69) is 30.2 Å². The van der Waals surface area contributed by atoms with Gasteiger partial charge < -0.3 is 16.8 Å². The van der Waals surface area contributed by atoms with E-state index in [0.717, 1.165) is 0 Å². The Bertz CT molecular complexity index is 1270. The van der Waals surface area contributed by atoms with Crippen molar-refractivity contribution in [2.75, 3.05) is 16.8 Å². The lowest BCUT2D eigenvalue weighted by molar-refractivity contribution is 0.102. The smallest absolute Gasteiger partial charge is 0.276 e. The van der Waals surface area contributed by atoms with Gasteiger partial charge in [-0.05, 0) is 25.1 Å². The molecule has 31 heavy (non-hydrogen) atoms. The maximum Gasteiger partial charge on any atom is 0.276 e. The molecular weight excluding hydrogens is 399 g/mol. The first-order valence-corrected chi connectivity index (χ1v) is 9.16. The maximum atomic E-state index is 14.1. The standard InChI is InChI=1S/C21H17FN8O/c1-11-27-16(8-18(24)28-11)13-6-7-25-10-17(13)29-21(31)19-15(23)9-26-20(30-19)12-4-2-3-5-14(12)22/h2-10H,23H2,1H3,(H,29,31)(H2,24,27,28). The van der Waals surface area contributed by atoms with E-state index in [-0.39, 0.29) is 22.8 Å². The zero-order valence-electron chi connectivity index (χ0n) is 16.4. The molecule has 9 nitrogen and oxygen atoms in total. The summed E-state index contributed by atoms with van der Waals surface area (Å²) < 4.78 is 14.1. The monoisotopic (exact) mass is 416 g/mol. The number of nitrogens with zero attached hydrogens (tertiary/aromatic N) is 5. The molecule has 0 spiro atoms. The molecule has 0 atom stereocenters. The maximum absolute atomic E-state index is 14.1. The highest BCUT2D eigenvalue weighted by Crippen LogP contribution is 2.27. The quantitative estimate of drug-likeness (QED) is 0.460. The minimum atomic E-state index is -0.606. The second-order valence-corrected chi connectivity index (χ2v) is 6.58. The average molecular weight is 416 g/mol. The predicted octanol–water partition coefficient (Wildman–Crippen LogP) is 2.86. The number of rotatable bonds is 4. The van der Waals surface area contributed by atoms with Crippen molar-refractivity contribution >= 4 is 23.1 Å². The van der Waals surface area contributed by atoms with Gasteiger partial charge in [-0.1, -0.05) is 12.1 Å². The SMILES string of the molecule is Cc1nc(N)cc(-c2ccncc2NC(=O)c2nc(-c3ccccc3F)ncc2N)n1. The molecule has 154 valence electrons. The van der Waals surface area contributed by atoms with Crippen molar-refractivity contribution in [3.8, 4) is 22.6 Å². The van der Waals surface area contributed by atoms with Gasteiger partial charge in [0, 0.05) is 17.8 Å². The lowest BCUT2D eigenvalue weighted by atomic mass is 10.1. The summed E-state index contributed by atoms with van der Waals surface area (Å²) >= 11 is 0. The van der Waals surface area contributed by atoms with Crippen LogP contribution in [0.25, 0.3) is 22.6 Å². The van der Waals surface area contributed by atoms with Crippen LogP contribution in [-0.4, -0.2) is 30.8 Å². The van der Waals surface area contributed by atoms with Crippen molar-refractivity contribution in [1.82, 2.24) is 24.9 Å².